The number of ketones is 1. The molecule has 0 heterocycles. The van der Waals surface area contributed by atoms with Gasteiger partial charge in [-0.25, -0.2) is 0 Å². The second-order valence-electron chi connectivity index (χ2n) is 6.92. The van der Waals surface area contributed by atoms with Crippen LogP contribution in [0.2, 0.25) is 0 Å². The highest BCUT2D eigenvalue weighted by molar-refractivity contribution is 5.78. The minimum Gasteiger partial charge on any atom is -0.389 e. The molecule has 0 radical (unpaired) electrons. The van der Waals surface area contributed by atoms with Crippen molar-refractivity contribution in [1.82, 2.24) is 0 Å². The molecule has 0 aliphatic heterocycles. The van der Waals surface area contributed by atoms with Crippen LogP contribution in [0.25, 0.3) is 0 Å². The quantitative estimate of drug-likeness (QED) is 0.802. The fourth-order valence-electron chi connectivity index (χ4n) is 4.32. The maximum absolute atomic E-state index is 11.6. The lowest BCUT2D eigenvalue weighted by Gasteiger charge is -2.49. The van der Waals surface area contributed by atoms with Gasteiger partial charge in [-0.3, -0.25) is 4.79 Å². The Morgan fingerprint density at radius 3 is 2.41 bits per heavy atom. The lowest BCUT2D eigenvalue weighted by Crippen LogP contribution is -2.53. The Morgan fingerprint density at radius 2 is 1.88 bits per heavy atom. The van der Waals surface area contributed by atoms with E-state index < -0.39 is 5.60 Å². The van der Waals surface area contributed by atoms with Crippen LogP contribution in [0, 0.1) is 23.2 Å². The number of aliphatic hydroxyl groups is 1. The molecule has 2 aliphatic rings. The first-order valence-corrected chi connectivity index (χ1v) is 7.03. The molecule has 0 saturated heterocycles. The van der Waals surface area contributed by atoms with Gasteiger partial charge in [-0.1, -0.05) is 20.8 Å². The predicted octanol–water partition coefficient (Wildman–Crippen LogP) is 3.18. The van der Waals surface area contributed by atoms with E-state index >= 15 is 0 Å². The van der Waals surface area contributed by atoms with Crippen LogP contribution in [-0.4, -0.2) is 16.5 Å². The van der Waals surface area contributed by atoms with Gasteiger partial charge >= 0.3 is 0 Å². The molecule has 0 aromatic rings. The van der Waals surface area contributed by atoms with Gasteiger partial charge in [0.05, 0.1) is 5.60 Å². The minimum atomic E-state index is -0.601. The van der Waals surface area contributed by atoms with Crippen molar-refractivity contribution >= 4 is 5.78 Å². The van der Waals surface area contributed by atoms with Gasteiger partial charge in [0.2, 0.25) is 0 Å². The number of carbonyl (C=O) groups is 1. The van der Waals surface area contributed by atoms with E-state index in [1.165, 1.54) is 0 Å². The van der Waals surface area contributed by atoms with E-state index in [0.717, 1.165) is 25.7 Å². The number of fused-ring (bicyclic) bond motifs is 1. The summed E-state index contributed by atoms with van der Waals surface area (Å²) in [5.74, 6) is 1.23. The molecular weight excluding hydrogens is 212 g/mol. The summed E-state index contributed by atoms with van der Waals surface area (Å²) >= 11 is 0. The maximum atomic E-state index is 11.6. The van der Waals surface area contributed by atoms with Crippen molar-refractivity contribution in [3.05, 3.63) is 0 Å². The van der Waals surface area contributed by atoms with Gasteiger partial charge in [-0.2, -0.15) is 0 Å². The second kappa shape index (κ2) is 4.08. The number of Topliss-reactive ketones (excluding diaryl/α,β-unsaturated/α-hetero) is 1. The molecule has 0 bridgehead atoms. The number of carbonyl (C=O) groups excluding carboxylic acids is 1. The summed E-state index contributed by atoms with van der Waals surface area (Å²) in [5.41, 5.74) is -0.552. The largest absolute Gasteiger partial charge is 0.389 e. The third-order valence-electron chi connectivity index (χ3n) is 5.65. The lowest BCUT2D eigenvalue weighted by atomic mass is 9.59. The van der Waals surface area contributed by atoms with E-state index in [0.29, 0.717) is 18.3 Å². The number of hydrogen-bond acceptors (Lipinski definition) is 2. The highest BCUT2D eigenvalue weighted by Crippen LogP contribution is 2.60. The van der Waals surface area contributed by atoms with Crippen molar-refractivity contribution in [3.63, 3.8) is 0 Å². The van der Waals surface area contributed by atoms with Crippen LogP contribution in [0.4, 0.5) is 0 Å². The Morgan fingerprint density at radius 1 is 1.29 bits per heavy atom. The van der Waals surface area contributed by atoms with Crippen LogP contribution in [-0.2, 0) is 4.79 Å². The molecule has 2 fully saturated rings. The van der Waals surface area contributed by atoms with Gasteiger partial charge in [-0.05, 0) is 56.3 Å². The molecule has 2 aliphatic carbocycles. The zero-order chi connectivity index (χ0) is 12.8. The summed E-state index contributed by atoms with van der Waals surface area (Å²) in [5, 5.41) is 11.2. The molecule has 2 nitrogen and oxygen atoms in total. The summed E-state index contributed by atoms with van der Waals surface area (Å²) in [7, 11) is 0. The Kier molecular flexibility index (Phi) is 3.14. The van der Waals surface area contributed by atoms with Crippen molar-refractivity contribution in [2.45, 2.75) is 65.4 Å². The van der Waals surface area contributed by atoms with Crippen molar-refractivity contribution in [2.24, 2.45) is 23.2 Å². The fourth-order valence-corrected chi connectivity index (χ4v) is 4.32. The molecule has 2 heteroatoms. The summed E-state index contributed by atoms with van der Waals surface area (Å²) in [6.45, 7) is 8.30. The molecule has 2 saturated carbocycles. The molecule has 0 aromatic carbocycles. The van der Waals surface area contributed by atoms with E-state index in [2.05, 4.69) is 20.8 Å². The van der Waals surface area contributed by atoms with Crippen molar-refractivity contribution < 1.29 is 9.90 Å². The van der Waals surface area contributed by atoms with Gasteiger partial charge in [0.1, 0.15) is 5.78 Å². The SMILES string of the molecule is CC(=O)[C@@H]1CC[C@@]2(C)CC[C@H](C(C)C)[C@@]2(O)C1. The molecular formula is C15H26O2. The second-order valence-corrected chi connectivity index (χ2v) is 6.92. The van der Waals surface area contributed by atoms with Gasteiger partial charge in [-0.15, -0.1) is 0 Å². The third kappa shape index (κ3) is 1.85. The normalized spacial score (nSPS) is 46.0. The maximum Gasteiger partial charge on any atom is 0.133 e. The van der Waals surface area contributed by atoms with Crippen molar-refractivity contribution in [2.75, 3.05) is 0 Å². The summed E-state index contributed by atoms with van der Waals surface area (Å²) in [6, 6.07) is 0. The van der Waals surface area contributed by atoms with Crippen LogP contribution in [0.15, 0.2) is 0 Å². The molecule has 0 spiro atoms. The molecule has 1 N–H and O–H groups in total. The predicted molar refractivity (Wildman–Crippen MR) is 68.6 cm³/mol. The van der Waals surface area contributed by atoms with E-state index in [9.17, 15) is 9.90 Å². The van der Waals surface area contributed by atoms with Gasteiger partial charge < -0.3 is 5.11 Å². The average Bonchev–Trinajstić information content (AvgIpc) is 2.49. The standard InChI is InChI=1S/C15H26O2/c1-10(2)13-6-8-14(4)7-5-12(11(3)16)9-15(13,14)17/h10,12-13,17H,5-9H2,1-4H3/t12-,13-,14+,15+/m1/s1. The zero-order valence-corrected chi connectivity index (χ0v) is 11.6. The first kappa shape index (κ1) is 13.1. The zero-order valence-electron chi connectivity index (χ0n) is 11.6. The molecule has 0 aromatic heterocycles. The topological polar surface area (TPSA) is 37.3 Å². The Labute approximate surface area is 105 Å². The molecule has 17 heavy (non-hydrogen) atoms. The van der Waals surface area contributed by atoms with E-state index in [1.807, 2.05) is 0 Å². The molecule has 0 unspecified atom stereocenters. The molecule has 0 amide bonds. The lowest BCUT2D eigenvalue weighted by molar-refractivity contribution is -0.148. The monoisotopic (exact) mass is 238 g/mol. The fraction of sp³-hybridized carbons (Fsp3) is 0.933. The van der Waals surface area contributed by atoms with Gasteiger partial charge in [0, 0.05) is 5.92 Å². The highest BCUT2D eigenvalue weighted by Gasteiger charge is 2.59. The van der Waals surface area contributed by atoms with Crippen molar-refractivity contribution in [3.8, 4) is 0 Å². The van der Waals surface area contributed by atoms with E-state index in [4.69, 9.17) is 0 Å². The first-order chi connectivity index (χ1) is 7.80. The third-order valence-corrected chi connectivity index (χ3v) is 5.65. The number of rotatable bonds is 2. The average molecular weight is 238 g/mol. The van der Waals surface area contributed by atoms with Crippen LogP contribution >= 0.6 is 0 Å². The Bertz CT molecular complexity index is 323. The molecule has 2 rings (SSSR count). The van der Waals surface area contributed by atoms with Crippen molar-refractivity contribution in [1.29, 1.82) is 0 Å². The summed E-state index contributed by atoms with van der Waals surface area (Å²) in [6.07, 6.45) is 4.92. The minimum absolute atomic E-state index is 0.0495. The van der Waals surface area contributed by atoms with E-state index in [-0.39, 0.29) is 17.1 Å². The first-order valence-electron chi connectivity index (χ1n) is 7.03. The summed E-state index contributed by atoms with van der Waals surface area (Å²) < 4.78 is 0. The Balaban J connectivity index is 2.28. The Hall–Kier alpha value is -0.370. The van der Waals surface area contributed by atoms with Gasteiger partial charge in [0.25, 0.3) is 0 Å². The summed E-state index contributed by atoms with van der Waals surface area (Å²) in [4.78, 5) is 11.6. The van der Waals surface area contributed by atoms with Crippen LogP contribution in [0.5, 0.6) is 0 Å². The molecule has 98 valence electrons. The molecule has 4 atom stereocenters. The number of hydrogen-bond donors (Lipinski definition) is 1. The van der Waals surface area contributed by atoms with Crippen LogP contribution in [0.1, 0.15) is 59.8 Å². The van der Waals surface area contributed by atoms with Crippen LogP contribution < -0.4 is 0 Å². The van der Waals surface area contributed by atoms with Crippen LogP contribution in [0.3, 0.4) is 0 Å². The van der Waals surface area contributed by atoms with E-state index in [1.54, 1.807) is 6.92 Å². The van der Waals surface area contributed by atoms with Gasteiger partial charge in [0.15, 0.2) is 0 Å². The highest BCUT2D eigenvalue weighted by atomic mass is 16.3. The smallest absolute Gasteiger partial charge is 0.133 e.